The van der Waals surface area contributed by atoms with Crippen LogP contribution in [0.15, 0.2) is 269 Å². The van der Waals surface area contributed by atoms with Gasteiger partial charge in [-0.3, -0.25) is 4.21 Å². The molecule has 0 bridgehead atoms. The molecule has 0 saturated carbocycles. The molecule has 0 aliphatic carbocycles. The number of hydrogen-bond acceptors (Lipinski definition) is 10. The molecule has 12 rings (SSSR count). The zero-order valence-electron chi connectivity index (χ0n) is 68.5. The summed E-state index contributed by atoms with van der Waals surface area (Å²) in [6, 6.07) is 85.9. The van der Waals surface area contributed by atoms with E-state index in [0.29, 0.717) is 0 Å². The smallest absolute Gasteiger partial charge is 0.189 e. The third-order valence-corrected chi connectivity index (χ3v) is 19.2. The lowest BCUT2D eigenvalue weighted by Gasteiger charge is -2.11. The van der Waals surface area contributed by atoms with E-state index in [9.17, 15) is 4.21 Å². The van der Waals surface area contributed by atoms with E-state index >= 15 is 0 Å². The van der Waals surface area contributed by atoms with Crippen LogP contribution in [0.2, 0.25) is 0 Å². The maximum Gasteiger partial charge on any atom is 0.189 e. The van der Waals surface area contributed by atoms with Crippen LogP contribution in [0, 0.1) is 69.2 Å². The number of ether oxygens (including phenoxy) is 6. The maximum atomic E-state index is 11.4. The quantitative estimate of drug-likeness (QED) is 0.0724. The molecule has 0 spiro atoms. The molecule has 11 aromatic carbocycles. The van der Waals surface area contributed by atoms with Gasteiger partial charge in [0.2, 0.25) is 0 Å². The van der Waals surface area contributed by atoms with Crippen molar-refractivity contribution in [1.82, 2.24) is 0 Å². The second-order valence-electron chi connectivity index (χ2n) is 25.8. The van der Waals surface area contributed by atoms with Gasteiger partial charge in [-0.2, -0.15) is 4.55 Å². The lowest BCUT2D eigenvalue weighted by Crippen LogP contribution is -2.07. The molecule has 0 amide bonds. The molecule has 11 aromatic rings. The second-order valence-corrected chi connectivity index (χ2v) is 30.6. The standard InChI is InChI=1S/C9H13N.C9H12OS.C9H10O.3C9H12O.C9H12.C8H11OS.2C8H10O.C8H10S/c1-8-4-6-9(7-5-8)10(2)3;1-8-4-6-9(7-5-8)11(2,3)10;1-7-2-3-9-8(6-7)4-5-10-9;1-7-4-5-9(10-3)8(2)6-7;2*1-3-8-4-6-9(10-2)7-5-8;1-3-9-6-4-8(2)5-7-9;1-7-3-5-8(6-4-7)10(2)9;3*1-7-3-5-8(9-2)6-4-7/h4-7H,1-3H3;4-7H,2H2,1,3H3;2-3,6H,4-5H2,1H3;4-6H,1-3H3;2*4-7H,3H2,1-2H3;4-7H,3H2,1-2H3;3-6,9H,1-2H3;3*3-6H,1-2H3/q;;;;;;;+1;;;. The second kappa shape index (κ2) is 53.5. The summed E-state index contributed by atoms with van der Waals surface area (Å²) in [6.07, 6.45) is 9.93. The van der Waals surface area contributed by atoms with Crippen LogP contribution in [-0.2, 0) is 46.4 Å². The van der Waals surface area contributed by atoms with Crippen molar-refractivity contribution in [2.45, 2.75) is 130 Å². The molecule has 1 aliphatic rings. The van der Waals surface area contributed by atoms with Gasteiger partial charge in [0, 0.05) is 42.3 Å². The Bertz CT molecular complexity index is 3890. The van der Waals surface area contributed by atoms with Gasteiger partial charge < -0.3 is 33.3 Å². The number of fused-ring (bicyclic) bond motifs is 1. The molecular weight excluding hydrogens is 1380 g/mol. The zero-order chi connectivity index (χ0) is 79.7. The Morgan fingerprint density at radius 2 is 0.738 bits per heavy atom. The number of rotatable bonds is 12. The number of anilines is 1. The van der Waals surface area contributed by atoms with Crippen molar-refractivity contribution >= 4 is 44.0 Å². The molecule has 2 atom stereocenters. The Labute approximate surface area is 654 Å². The highest BCUT2D eigenvalue weighted by Gasteiger charge is 2.11. The first-order valence-electron chi connectivity index (χ1n) is 36.1. The third-order valence-electron chi connectivity index (χ3n) is 16.3. The molecule has 12 heteroatoms. The van der Waals surface area contributed by atoms with Crippen LogP contribution in [0.25, 0.3) is 0 Å². The van der Waals surface area contributed by atoms with E-state index in [4.69, 9.17) is 33.0 Å². The topological polar surface area (TPSA) is 95.9 Å². The Balaban J connectivity index is 0.000000400. The molecule has 574 valence electrons. The number of methoxy groups -OCH3 is 5. The zero-order valence-corrected chi connectivity index (χ0v) is 70.9. The number of thioether (sulfide) groups is 1. The van der Waals surface area contributed by atoms with Crippen LogP contribution in [0.1, 0.15) is 98.7 Å². The molecule has 0 aromatic heterocycles. The average Bonchev–Trinajstić information content (AvgIpc) is 1.78. The van der Waals surface area contributed by atoms with E-state index in [1.165, 1.54) is 88.5 Å². The van der Waals surface area contributed by atoms with Gasteiger partial charge >= 0.3 is 0 Å². The normalized spacial score (nSPS) is 10.9. The summed E-state index contributed by atoms with van der Waals surface area (Å²) in [7, 11) is 10.5. The SMILES string of the molecule is C=S(C)(=O)c1ccc(C)cc1.CCc1ccc(C)cc1.CCc1ccc(OC)cc1.CCc1ccc(OC)cc1.COc1ccc(C)cc1.COc1ccc(C)cc1.COc1ccc(C)cc1C.CSc1ccc(C)cc1.Cc1ccc(N(C)C)cc1.Cc1ccc([S+](C)O)cc1.Cc1ccc2c(c1)CCO2. The van der Waals surface area contributed by atoms with E-state index in [0.717, 1.165) is 76.6 Å². The summed E-state index contributed by atoms with van der Waals surface area (Å²) in [4.78, 5) is 5.26. The summed E-state index contributed by atoms with van der Waals surface area (Å²) in [6.45, 7) is 28.0. The molecule has 1 heterocycles. The fraction of sp³-hybridized carbons (Fsp3) is 0.295. The van der Waals surface area contributed by atoms with Gasteiger partial charge in [0.05, 0.1) is 42.2 Å². The maximum absolute atomic E-state index is 11.4. The molecule has 107 heavy (non-hydrogen) atoms. The summed E-state index contributed by atoms with van der Waals surface area (Å²) in [5.41, 5.74) is 19.4. The lowest BCUT2D eigenvalue weighted by atomic mass is 10.1. The van der Waals surface area contributed by atoms with E-state index < -0.39 is 20.7 Å². The largest absolute Gasteiger partial charge is 0.497 e. The number of aryl methyl sites for hydroxylation is 13. The van der Waals surface area contributed by atoms with E-state index in [1.54, 1.807) is 59.8 Å². The minimum absolute atomic E-state index is 0.587. The molecule has 1 aliphatic heterocycles. The fourth-order valence-corrected chi connectivity index (χ4v) is 11.0. The average molecular weight is 1500 g/mol. The summed E-state index contributed by atoms with van der Waals surface area (Å²) >= 11 is 1.19. The fourth-order valence-electron chi connectivity index (χ4n) is 9.32. The molecular formula is C95H124NO8S3+. The van der Waals surface area contributed by atoms with E-state index in [1.807, 2.05) is 168 Å². The molecule has 1 N–H and O–H groups in total. The monoisotopic (exact) mass is 1500 g/mol. The first-order valence-corrected chi connectivity index (χ1v) is 41.0. The van der Waals surface area contributed by atoms with Crippen molar-refractivity contribution in [2.24, 2.45) is 0 Å². The minimum Gasteiger partial charge on any atom is -0.497 e. The van der Waals surface area contributed by atoms with Gasteiger partial charge in [0.25, 0.3) is 0 Å². The van der Waals surface area contributed by atoms with Gasteiger partial charge in [-0.15, -0.1) is 11.8 Å². The van der Waals surface area contributed by atoms with Crippen LogP contribution < -0.4 is 33.3 Å². The Kier molecular flexibility index (Phi) is 46.9. The van der Waals surface area contributed by atoms with Crippen LogP contribution in [0.4, 0.5) is 5.69 Å². The van der Waals surface area contributed by atoms with E-state index in [2.05, 4.69) is 208 Å². The number of nitrogens with zero attached hydrogens (tertiary/aromatic N) is 1. The highest BCUT2D eigenvalue weighted by molar-refractivity contribution is 7.99. The highest BCUT2D eigenvalue weighted by atomic mass is 32.2. The highest BCUT2D eigenvalue weighted by Crippen LogP contribution is 2.26. The Hall–Kier alpha value is -9.30. The van der Waals surface area contributed by atoms with Gasteiger partial charge in [-0.05, 0) is 247 Å². The minimum atomic E-state index is -2.02. The first kappa shape index (κ1) is 93.8. The van der Waals surface area contributed by atoms with Crippen molar-refractivity contribution < 1.29 is 37.2 Å². The predicted octanol–water partition coefficient (Wildman–Crippen LogP) is 23.9. The van der Waals surface area contributed by atoms with Crippen molar-refractivity contribution in [2.75, 3.05) is 79.9 Å². The summed E-state index contributed by atoms with van der Waals surface area (Å²) < 4.78 is 51.0. The Morgan fingerprint density at radius 1 is 0.430 bits per heavy atom. The van der Waals surface area contributed by atoms with Crippen molar-refractivity contribution in [3.8, 4) is 34.5 Å². The first-order chi connectivity index (χ1) is 51.0. The van der Waals surface area contributed by atoms with Gasteiger partial charge in [-0.1, -0.05) is 216 Å². The lowest BCUT2D eigenvalue weighted by molar-refractivity contribution is 0.357. The molecule has 2 unspecified atom stereocenters. The predicted molar refractivity (Wildman–Crippen MR) is 468 cm³/mol. The van der Waals surface area contributed by atoms with Crippen molar-refractivity contribution in [3.63, 3.8) is 0 Å². The molecule has 0 radical (unpaired) electrons. The Morgan fingerprint density at radius 3 is 1.07 bits per heavy atom. The summed E-state index contributed by atoms with van der Waals surface area (Å²) in [5, 5.41) is 0. The van der Waals surface area contributed by atoms with Crippen LogP contribution >= 0.6 is 11.8 Å². The van der Waals surface area contributed by atoms with Gasteiger partial charge in [0.15, 0.2) is 16.1 Å². The van der Waals surface area contributed by atoms with Crippen LogP contribution in [0.3, 0.4) is 0 Å². The van der Waals surface area contributed by atoms with Crippen molar-refractivity contribution in [1.29, 1.82) is 0 Å². The molecule has 9 nitrogen and oxygen atoms in total. The van der Waals surface area contributed by atoms with Crippen LogP contribution in [0.5, 0.6) is 34.5 Å². The third kappa shape index (κ3) is 41.4. The molecule has 0 saturated heterocycles. The summed E-state index contributed by atoms with van der Waals surface area (Å²) in [5.74, 6) is 9.33. The molecule has 0 fully saturated rings. The van der Waals surface area contributed by atoms with Gasteiger partial charge in [0.1, 0.15) is 40.8 Å². The van der Waals surface area contributed by atoms with Crippen molar-refractivity contribution in [3.05, 3.63) is 333 Å². The number of benzene rings is 11. The van der Waals surface area contributed by atoms with E-state index in [-0.39, 0.29) is 0 Å². The number of hydrogen-bond donors (Lipinski definition) is 1. The van der Waals surface area contributed by atoms with Crippen LogP contribution in [-0.4, -0.2) is 89.7 Å². The van der Waals surface area contributed by atoms with Gasteiger partial charge in [-0.25, -0.2) is 0 Å².